The van der Waals surface area contributed by atoms with Crippen molar-refractivity contribution in [2.75, 3.05) is 26.8 Å². The number of ether oxygens (including phenoxy) is 1. The number of aliphatic hydroxyl groups excluding tert-OH is 2. The Morgan fingerprint density at radius 3 is 1.72 bits per heavy atom. The quantitative estimate of drug-likeness (QED) is 0.0239. The number of benzene rings is 1. The number of amides is 11. The minimum atomic E-state index is -1.86. The molecule has 1 aromatic carbocycles. The van der Waals surface area contributed by atoms with Gasteiger partial charge in [0.15, 0.2) is 5.96 Å². The van der Waals surface area contributed by atoms with E-state index in [1.165, 1.54) is 26.8 Å². The van der Waals surface area contributed by atoms with Crippen LogP contribution in [0.4, 0.5) is 0 Å². The minimum Gasteiger partial charge on any atom is -0.458 e. The number of likely N-dealkylation sites (N-methyl/N-ethyl adjacent to an activating group) is 1. The van der Waals surface area contributed by atoms with Gasteiger partial charge >= 0.3 is 5.97 Å². The lowest BCUT2D eigenvalue weighted by Crippen LogP contribution is -2.63. The Labute approximate surface area is 513 Å². The maximum Gasteiger partial charge on any atom is 0.329 e. The van der Waals surface area contributed by atoms with Crippen LogP contribution in [0.15, 0.2) is 48.0 Å². The second-order valence-corrected chi connectivity index (χ2v) is 22.5. The molecule has 0 radical (unpaired) electrons. The van der Waals surface area contributed by atoms with Crippen LogP contribution in [0.25, 0.3) is 0 Å². The van der Waals surface area contributed by atoms with Crippen LogP contribution >= 0.6 is 0 Å². The molecule has 11 amide bonds. The number of cyclic esters (lactones) is 1. The van der Waals surface area contributed by atoms with E-state index in [-0.39, 0.29) is 25.3 Å². The van der Waals surface area contributed by atoms with Gasteiger partial charge in [0.25, 0.3) is 0 Å². The fraction of sp³-hybridized carbons (Fsp3) is 0.638. The zero-order chi connectivity index (χ0) is 66.1. The van der Waals surface area contributed by atoms with Crippen LogP contribution in [-0.2, 0) is 68.7 Å². The highest BCUT2D eigenvalue weighted by atomic mass is 16.5. The predicted octanol–water partition coefficient (Wildman–Crippen LogP) is -4.48. The summed E-state index contributed by atoms with van der Waals surface area (Å²) >= 11 is 0. The first-order chi connectivity index (χ1) is 41.6. The Hall–Kier alpha value is -8.25. The van der Waals surface area contributed by atoms with Crippen LogP contribution in [0, 0.1) is 23.7 Å². The highest BCUT2D eigenvalue weighted by Crippen LogP contribution is 2.17. The van der Waals surface area contributed by atoms with Crippen LogP contribution in [0.5, 0.6) is 0 Å². The Balaban J connectivity index is 1.85. The number of rotatable bonds is 32. The maximum absolute atomic E-state index is 14.4. The summed E-state index contributed by atoms with van der Waals surface area (Å²) in [5.41, 5.74) is 12.1. The number of aliphatic imine (C=N–C) groups is 1. The lowest BCUT2D eigenvalue weighted by atomic mass is 9.95. The summed E-state index contributed by atoms with van der Waals surface area (Å²) in [5, 5.41) is 52.0. The van der Waals surface area contributed by atoms with Crippen LogP contribution < -0.4 is 75.3 Å². The van der Waals surface area contributed by atoms with Crippen LogP contribution in [0.3, 0.4) is 0 Å². The maximum atomic E-state index is 14.4. The summed E-state index contributed by atoms with van der Waals surface area (Å²) in [6.45, 7) is 16.1. The van der Waals surface area contributed by atoms with Crippen molar-refractivity contribution in [1.29, 1.82) is 0 Å². The highest BCUT2D eigenvalue weighted by molar-refractivity contribution is 6.00. The van der Waals surface area contributed by atoms with Crippen molar-refractivity contribution in [1.82, 2.24) is 63.8 Å². The van der Waals surface area contributed by atoms with Gasteiger partial charge in [-0.15, -0.1) is 6.58 Å². The molecule has 17 atom stereocenters. The zero-order valence-electron chi connectivity index (χ0n) is 51.9. The number of nitrogens with one attached hydrogen (secondary N) is 12. The van der Waals surface area contributed by atoms with Gasteiger partial charge < -0.3 is 90.2 Å². The summed E-state index contributed by atoms with van der Waals surface area (Å²) in [5.74, 6) is -13.6. The third kappa shape index (κ3) is 22.2. The molecule has 0 spiro atoms. The van der Waals surface area contributed by atoms with Crippen LogP contribution in [0.1, 0.15) is 106 Å². The van der Waals surface area contributed by atoms with E-state index in [0.29, 0.717) is 19.3 Å². The average molecular weight is 1240 g/mol. The number of hydrogen-bond acceptors (Lipinski definition) is 19. The normalized spacial score (nSPS) is 22.7. The molecule has 2 aliphatic rings. The van der Waals surface area contributed by atoms with Crippen molar-refractivity contribution in [2.45, 2.75) is 186 Å². The number of carbonyl (C=O) groups excluding carboxylic acids is 12. The number of primary amides is 1. The molecule has 0 saturated carbocycles. The van der Waals surface area contributed by atoms with Gasteiger partial charge in [-0.25, -0.2) is 4.79 Å². The molecule has 0 aliphatic carbocycles. The number of esters is 1. The Morgan fingerprint density at radius 1 is 0.682 bits per heavy atom. The number of nitrogens with two attached hydrogens (primary N) is 2. The van der Waals surface area contributed by atoms with E-state index in [2.05, 4.69) is 75.4 Å². The summed E-state index contributed by atoms with van der Waals surface area (Å²) in [7, 11) is 1.59. The van der Waals surface area contributed by atoms with E-state index in [1.807, 2.05) is 30.3 Å². The number of carbonyl (C=O) groups is 12. The van der Waals surface area contributed by atoms with E-state index in [1.54, 1.807) is 48.6 Å². The second-order valence-electron chi connectivity index (χ2n) is 22.5. The summed E-state index contributed by atoms with van der Waals surface area (Å²) in [6, 6.07) is -7.13. The number of aliphatic hydroxyl groups is 2. The van der Waals surface area contributed by atoms with Crippen molar-refractivity contribution in [3.8, 4) is 0 Å². The van der Waals surface area contributed by atoms with Gasteiger partial charge in [-0.1, -0.05) is 104 Å². The first-order valence-electron chi connectivity index (χ1n) is 29.7. The fourth-order valence-electron chi connectivity index (χ4n) is 9.36. The van der Waals surface area contributed by atoms with E-state index in [9.17, 15) is 67.7 Å². The van der Waals surface area contributed by atoms with Gasteiger partial charge in [0.1, 0.15) is 66.5 Å². The SMILES string of the molecule is C=C[C@H](C)[C@H](NC(=O)[C@H](NC(=O)[C@@H](CCC(N)=O)NC(=O)[C@H](CO)NC(=O)[C@@H](NC(=O)[C@@H](Cc1ccccc1)NC)[C@@H](C)CC)[C@@H](C)CC)C(=O)N[C@@H](CO)C(=O)N[C@H]1C(=O)N[C@@H](C)C(=O)N[C@@H](C[C@H]2CN=C(N)N2)C(=O)N[C@@H]([C@@H](C)CC)C(=O)O[C@H]1C. The molecule has 30 nitrogen and oxygen atoms in total. The summed E-state index contributed by atoms with van der Waals surface area (Å²) in [6.07, 6.45) is 0.208. The highest BCUT2D eigenvalue weighted by Gasteiger charge is 2.41. The third-order valence-corrected chi connectivity index (χ3v) is 15.8. The van der Waals surface area contributed by atoms with Crippen LogP contribution in [-0.4, -0.2) is 193 Å². The molecular formula is C58H93N15O15. The number of nitrogens with zero attached hydrogens (tertiary/aromatic N) is 1. The summed E-state index contributed by atoms with van der Waals surface area (Å²) in [4.78, 5) is 169. The first-order valence-corrected chi connectivity index (χ1v) is 29.7. The predicted molar refractivity (Wildman–Crippen MR) is 322 cm³/mol. The van der Waals surface area contributed by atoms with Gasteiger partial charge in [0.05, 0.1) is 31.8 Å². The molecule has 18 N–H and O–H groups in total. The van der Waals surface area contributed by atoms with Gasteiger partial charge in [-0.3, -0.25) is 57.7 Å². The summed E-state index contributed by atoms with van der Waals surface area (Å²) < 4.78 is 5.72. The molecule has 3 rings (SSSR count). The zero-order valence-corrected chi connectivity index (χ0v) is 51.9. The first kappa shape index (κ1) is 74.0. The van der Waals surface area contributed by atoms with Crippen LogP contribution in [0.2, 0.25) is 0 Å². The van der Waals surface area contributed by atoms with E-state index in [0.717, 1.165) is 5.56 Å². The lowest BCUT2D eigenvalue weighted by molar-refractivity contribution is -0.157. The molecule has 0 aromatic heterocycles. The van der Waals surface area contributed by atoms with E-state index < -0.39 is 199 Å². The monoisotopic (exact) mass is 1240 g/mol. The largest absolute Gasteiger partial charge is 0.458 e. The fourth-order valence-corrected chi connectivity index (χ4v) is 9.36. The molecule has 0 bridgehead atoms. The number of guanidine groups is 1. The Bertz CT molecular complexity index is 2650. The topological polar surface area (TPSA) is 463 Å². The minimum absolute atomic E-state index is 0.0158. The molecule has 30 heteroatoms. The average Bonchev–Trinajstić information content (AvgIpc) is 4.10. The van der Waals surface area contributed by atoms with Gasteiger partial charge in [0.2, 0.25) is 65.0 Å². The second kappa shape index (κ2) is 36.2. The molecule has 2 heterocycles. The lowest BCUT2D eigenvalue weighted by Gasteiger charge is -2.31. The van der Waals surface area contributed by atoms with Crippen molar-refractivity contribution in [3.05, 3.63) is 48.6 Å². The van der Waals surface area contributed by atoms with Gasteiger partial charge in [-0.2, -0.15) is 0 Å². The standard InChI is InChI=1S/C58H93N15O15/c1-12-28(5)42(70-49(79)37(61-11)23-34-19-17-16-18-20-34)53(83)67-39(26-74)51(81)65-36(21-22-41(59)76)48(78)69-44(30(7)14-3)55(85)71-43(29(6)13-2)54(84)68-40(27-75)52(82)73-46-33(10)88-57(87)45(31(8)15-4)72-50(80)38(24-35-25-62-58(60)64-35)66-47(77)32(9)63-56(46)86/h13,16-20,28-33,35-40,42-46,61,74-75H,2,12,14-15,21-27H2,1,3-11H3,(H2,59,76)(H,63,86)(H,65,81)(H,66,77)(H,67,83)(H,68,84)(H,69,78)(H,70,79)(H,71,85)(H,72,80)(H,73,82)(H3,60,62,64)/t28-,29-,30-,31-,32-,33-,35-,36+,37+,38-,39-,40-,42-,43-,44+,45-,46+/m0/s1. The van der Waals surface area contributed by atoms with Crippen molar-refractivity contribution in [3.63, 3.8) is 0 Å². The molecule has 1 aromatic rings. The molecule has 88 heavy (non-hydrogen) atoms. The smallest absolute Gasteiger partial charge is 0.329 e. The van der Waals surface area contributed by atoms with E-state index >= 15 is 0 Å². The van der Waals surface area contributed by atoms with Crippen molar-refractivity contribution >= 4 is 76.9 Å². The Morgan fingerprint density at radius 2 is 1.20 bits per heavy atom. The van der Waals surface area contributed by atoms with Gasteiger partial charge in [-0.05, 0) is 63.5 Å². The third-order valence-electron chi connectivity index (χ3n) is 15.8. The van der Waals surface area contributed by atoms with Crippen molar-refractivity contribution in [2.24, 2.45) is 40.1 Å². The molecule has 1 fully saturated rings. The Kier molecular flexibility index (Phi) is 30.4. The molecule has 0 unspecified atom stereocenters. The number of hydrogen-bond donors (Lipinski definition) is 16. The van der Waals surface area contributed by atoms with Crippen molar-refractivity contribution < 1.29 is 72.5 Å². The van der Waals surface area contributed by atoms with E-state index in [4.69, 9.17) is 16.2 Å². The molecule has 1 saturated heterocycles. The molecule has 2 aliphatic heterocycles. The molecular weight excluding hydrogens is 1150 g/mol. The van der Waals surface area contributed by atoms with Gasteiger partial charge in [0, 0.05) is 12.3 Å². The molecule has 490 valence electrons.